The standard InChI is InChI=1S/C29H43ClN2O2/c1-3-5-6-7-8-9-10-11-12-13-14-17-22-34-28-20-19-25(23-26(28)30)24-31-29(33)27-18-15-16-21-32(27)4-2/h15-16,18-21,23H,3-14,17,22,24H2,1-2H3/p+1. The molecular formula is C29H44ClN2O2+. The minimum Gasteiger partial charge on any atom is -0.492 e. The number of halogens is 1. The summed E-state index contributed by atoms with van der Waals surface area (Å²) in [4.78, 5) is 12.5. The number of benzene rings is 1. The number of aromatic nitrogens is 1. The van der Waals surface area contributed by atoms with Crippen molar-refractivity contribution in [3.05, 3.63) is 58.9 Å². The Morgan fingerprint density at radius 1 is 0.882 bits per heavy atom. The Balaban J connectivity index is 1.58. The molecule has 1 N–H and O–H groups in total. The van der Waals surface area contributed by atoms with Crippen LogP contribution in [0.25, 0.3) is 0 Å². The Kier molecular flexibility index (Phi) is 14.4. The van der Waals surface area contributed by atoms with Gasteiger partial charge in [-0.1, -0.05) is 95.2 Å². The summed E-state index contributed by atoms with van der Waals surface area (Å²) in [6.45, 7) is 6.16. The fourth-order valence-electron chi connectivity index (χ4n) is 4.13. The molecule has 0 saturated carbocycles. The number of hydrogen-bond donors (Lipinski definition) is 1. The van der Waals surface area contributed by atoms with Crippen molar-refractivity contribution < 1.29 is 14.1 Å². The van der Waals surface area contributed by atoms with Crippen LogP contribution in [0.5, 0.6) is 5.75 Å². The highest BCUT2D eigenvalue weighted by Gasteiger charge is 2.16. The van der Waals surface area contributed by atoms with E-state index in [0.717, 1.165) is 18.5 Å². The van der Waals surface area contributed by atoms with Gasteiger partial charge in [0.15, 0.2) is 6.20 Å². The van der Waals surface area contributed by atoms with Crippen LogP contribution in [0.3, 0.4) is 0 Å². The van der Waals surface area contributed by atoms with E-state index in [-0.39, 0.29) is 5.91 Å². The van der Waals surface area contributed by atoms with Crippen molar-refractivity contribution in [2.75, 3.05) is 6.61 Å². The van der Waals surface area contributed by atoms with Gasteiger partial charge >= 0.3 is 5.91 Å². The van der Waals surface area contributed by atoms with Crippen LogP contribution < -0.4 is 14.6 Å². The number of ether oxygens (including phenoxy) is 1. The molecule has 2 rings (SSSR count). The lowest BCUT2D eigenvalue weighted by Gasteiger charge is -2.10. The summed E-state index contributed by atoms with van der Waals surface area (Å²) in [6.07, 6.45) is 17.9. The van der Waals surface area contributed by atoms with Gasteiger partial charge in [0.2, 0.25) is 0 Å². The number of aryl methyl sites for hydroxylation is 1. The number of rotatable bonds is 18. The molecule has 0 aliphatic heterocycles. The number of unbranched alkanes of at least 4 members (excludes halogenated alkanes) is 11. The lowest BCUT2D eigenvalue weighted by molar-refractivity contribution is -0.695. The molecule has 5 heteroatoms. The van der Waals surface area contributed by atoms with Gasteiger partial charge in [-0.15, -0.1) is 0 Å². The van der Waals surface area contributed by atoms with E-state index in [1.807, 2.05) is 54.1 Å². The molecule has 0 spiro atoms. The second kappa shape index (κ2) is 17.4. The number of carbonyl (C=O) groups excluding carboxylic acids is 1. The van der Waals surface area contributed by atoms with Crippen LogP contribution in [0.2, 0.25) is 5.02 Å². The van der Waals surface area contributed by atoms with Crippen molar-refractivity contribution in [1.82, 2.24) is 5.32 Å². The van der Waals surface area contributed by atoms with Gasteiger partial charge in [-0.05, 0) is 37.1 Å². The third-order valence-corrected chi connectivity index (χ3v) is 6.51. The quantitative estimate of drug-likeness (QED) is 0.173. The van der Waals surface area contributed by atoms with Crippen molar-refractivity contribution in [3.63, 3.8) is 0 Å². The Bertz CT molecular complexity index is 841. The average Bonchev–Trinajstić information content (AvgIpc) is 2.86. The summed E-state index contributed by atoms with van der Waals surface area (Å²) in [6, 6.07) is 11.4. The smallest absolute Gasteiger partial charge is 0.316 e. The highest BCUT2D eigenvalue weighted by Crippen LogP contribution is 2.26. The van der Waals surface area contributed by atoms with Crippen LogP contribution >= 0.6 is 11.6 Å². The highest BCUT2D eigenvalue weighted by atomic mass is 35.5. The molecule has 0 aliphatic carbocycles. The first-order chi connectivity index (χ1) is 16.7. The minimum absolute atomic E-state index is 0.0918. The molecule has 0 saturated heterocycles. The molecule has 0 atom stereocenters. The largest absolute Gasteiger partial charge is 0.492 e. The lowest BCUT2D eigenvalue weighted by atomic mass is 10.1. The van der Waals surface area contributed by atoms with Gasteiger partial charge in [0.05, 0.1) is 11.6 Å². The number of nitrogens with zero attached hydrogens (tertiary/aromatic N) is 1. The van der Waals surface area contributed by atoms with E-state index in [0.29, 0.717) is 29.6 Å². The topological polar surface area (TPSA) is 42.2 Å². The zero-order valence-corrected chi connectivity index (χ0v) is 22.0. The van der Waals surface area contributed by atoms with Crippen LogP contribution in [0.15, 0.2) is 42.6 Å². The summed E-state index contributed by atoms with van der Waals surface area (Å²) in [5.41, 5.74) is 1.61. The number of amides is 1. The van der Waals surface area contributed by atoms with Crippen molar-refractivity contribution in [2.45, 2.75) is 104 Å². The molecule has 0 aliphatic rings. The fraction of sp³-hybridized carbons (Fsp3) is 0.586. The van der Waals surface area contributed by atoms with E-state index in [9.17, 15) is 4.79 Å². The summed E-state index contributed by atoms with van der Waals surface area (Å²) in [5, 5.41) is 3.56. The van der Waals surface area contributed by atoms with Gasteiger partial charge in [-0.3, -0.25) is 4.79 Å². The van der Waals surface area contributed by atoms with E-state index < -0.39 is 0 Å². The van der Waals surface area contributed by atoms with Gasteiger partial charge in [-0.2, -0.15) is 4.57 Å². The molecule has 4 nitrogen and oxygen atoms in total. The average molecular weight is 488 g/mol. The van der Waals surface area contributed by atoms with Crippen molar-refractivity contribution in [2.24, 2.45) is 0 Å². The van der Waals surface area contributed by atoms with Gasteiger partial charge < -0.3 is 10.1 Å². The second-order valence-electron chi connectivity index (χ2n) is 9.06. The van der Waals surface area contributed by atoms with Crippen LogP contribution in [0.4, 0.5) is 0 Å². The third-order valence-electron chi connectivity index (χ3n) is 6.22. The molecule has 0 bridgehead atoms. The Hall–Kier alpha value is -2.07. The maximum absolute atomic E-state index is 12.5. The molecule has 1 amide bonds. The Morgan fingerprint density at radius 3 is 2.15 bits per heavy atom. The number of nitrogens with one attached hydrogen (secondary N) is 1. The maximum atomic E-state index is 12.5. The molecular weight excluding hydrogens is 444 g/mol. The normalized spacial score (nSPS) is 10.9. The van der Waals surface area contributed by atoms with Gasteiger partial charge in [-0.25, -0.2) is 0 Å². The predicted octanol–water partition coefficient (Wildman–Crippen LogP) is 7.66. The first kappa shape index (κ1) is 28.2. The molecule has 188 valence electrons. The van der Waals surface area contributed by atoms with Crippen LogP contribution in [0.1, 0.15) is 107 Å². The van der Waals surface area contributed by atoms with Crippen LogP contribution in [-0.2, 0) is 13.1 Å². The first-order valence-corrected chi connectivity index (χ1v) is 13.7. The van der Waals surface area contributed by atoms with Gasteiger partial charge in [0.1, 0.15) is 12.3 Å². The maximum Gasteiger partial charge on any atom is 0.316 e. The van der Waals surface area contributed by atoms with Gasteiger partial charge in [0, 0.05) is 18.7 Å². The second-order valence-corrected chi connectivity index (χ2v) is 9.46. The molecule has 0 unspecified atom stereocenters. The Morgan fingerprint density at radius 2 is 1.53 bits per heavy atom. The molecule has 34 heavy (non-hydrogen) atoms. The Labute approximate surface area is 212 Å². The molecule has 0 radical (unpaired) electrons. The third kappa shape index (κ3) is 10.9. The van der Waals surface area contributed by atoms with E-state index in [2.05, 4.69) is 12.2 Å². The summed E-state index contributed by atoms with van der Waals surface area (Å²) in [7, 11) is 0. The van der Waals surface area contributed by atoms with E-state index in [1.165, 1.54) is 70.6 Å². The van der Waals surface area contributed by atoms with E-state index in [1.54, 1.807) is 0 Å². The monoisotopic (exact) mass is 487 g/mol. The number of hydrogen-bond acceptors (Lipinski definition) is 2. The molecule has 1 aromatic heterocycles. The molecule has 1 aromatic carbocycles. The SMILES string of the molecule is CCCCCCCCCCCCCCOc1ccc(CNC(=O)c2cccc[n+]2CC)cc1Cl. The highest BCUT2D eigenvalue weighted by molar-refractivity contribution is 6.32. The predicted molar refractivity (Wildman–Crippen MR) is 142 cm³/mol. The summed E-state index contributed by atoms with van der Waals surface area (Å²) < 4.78 is 7.81. The van der Waals surface area contributed by atoms with E-state index >= 15 is 0 Å². The van der Waals surface area contributed by atoms with Crippen molar-refractivity contribution in [3.8, 4) is 5.75 Å². The lowest BCUT2D eigenvalue weighted by Crippen LogP contribution is -2.42. The van der Waals surface area contributed by atoms with Crippen molar-refractivity contribution >= 4 is 17.5 Å². The summed E-state index contributed by atoms with van der Waals surface area (Å²) >= 11 is 6.42. The number of carbonyl (C=O) groups is 1. The molecule has 2 aromatic rings. The fourth-order valence-corrected chi connectivity index (χ4v) is 4.39. The van der Waals surface area contributed by atoms with Crippen LogP contribution in [0, 0.1) is 0 Å². The summed E-state index contributed by atoms with van der Waals surface area (Å²) in [5.74, 6) is 0.623. The van der Waals surface area contributed by atoms with Crippen LogP contribution in [-0.4, -0.2) is 12.5 Å². The van der Waals surface area contributed by atoms with E-state index in [4.69, 9.17) is 16.3 Å². The first-order valence-electron chi connectivity index (χ1n) is 13.3. The molecule has 1 heterocycles. The minimum atomic E-state index is -0.0918. The van der Waals surface area contributed by atoms with Crippen molar-refractivity contribution in [1.29, 1.82) is 0 Å². The molecule has 0 fully saturated rings. The van der Waals surface area contributed by atoms with Gasteiger partial charge in [0.25, 0.3) is 5.69 Å². The zero-order chi connectivity index (χ0) is 24.4. The zero-order valence-electron chi connectivity index (χ0n) is 21.3. The number of pyridine rings is 1.